The molecule has 3 atom stereocenters. The predicted octanol–water partition coefficient (Wildman–Crippen LogP) is 0.212. The molecule has 0 aromatic rings. The number of carbonyl (C=O) groups is 2. The summed E-state index contributed by atoms with van der Waals surface area (Å²) in [6.07, 6.45) is 1.82. The molecule has 2 fully saturated rings. The van der Waals surface area contributed by atoms with Gasteiger partial charge < -0.3 is 25.0 Å². The van der Waals surface area contributed by atoms with E-state index in [0.29, 0.717) is 6.54 Å². The number of aliphatic carboxylic acids is 1. The third-order valence-corrected chi connectivity index (χ3v) is 4.34. The smallest absolute Gasteiger partial charge is 0.318 e. The van der Waals surface area contributed by atoms with E-state index in [-0.39, 0.29) is 25.3 Å². The number of hydrogen-bond donors (Lipinski definition) is 2. The van der Waals surface area contributed by atoms with Crippen LogP contribution in [0.25, 0.3) is 0 Å². The fraction of sp³-hybridized carbons (Fsp3) is 0.857. The number of nitrogens with one attached hydrogen (secondary N) is 1. The summed E-state index contributed by atoms with van der Waals surface area (Å²) in [4.78, 5) is 27.7. The average Bonchev–Trinajstić information content (AvgIpc) is 2.80. The van der Waals surface area contributed by atoms with Crippen molar-refractivity contribution >= 4 is 12.0 Å². The van der Waals surface area contributed by atoms with Crippen LogP contribution in [0.1, 0.15) is 19.8 Å². The Morgan fingerprint density at radius 3 is 2.76 bits per heavy atom. The van der Waals surface area contributed by atoms with Crippen molar-refractivity contribution in [2.45, 2.75) is 31.8 Å². The zero-order valence-electron chi connectivity index (χ0n) is 12.7. The number of carbonyl (C=O) groups excluding carboxylic acids is 1. The molecule has 2 aliphatic rings. The number of urea groups is 1. The van der Waals surface area contributed by atoms with Crippen molar-refractivity contribution in [3.8, 4) is 0 Å². The Labute approximate surface area is 125 Å². The van der Waals surface area contributed by atoms with Gasteiger partial charge in [-0.05, 0) is 26.4 Å². The van der Waals surface area contributed by atoms with E-state index < -0.39 is 17.9 Å². The van der Waals surface area contributed by atoms with Gasteiger partial charge in [0.2, 0.25) is 0 Å². The first kappa shape index (κ1) is 16.0. The summed E-state index contributed by atoms with van der Waals surface area (Å²) in [7, 11) is 2.06. The molecule has 2 aliphatic heterocycles. The lowest BCUT2D eigenvalue weighted by Crippen LogP contribution is -2.53. The average molecular weight is 299 g/mol. The number of nitrogens with zero attached hydrogens (tertiary/aromatic N) is 2. The van der Waals surface area contributed by atoms with Crippen LogP contribution in [-0.2, 0) is 9.53 Å². The molecule has 7 nitrogen and oxygen atoms in total. The Balaban J connectivity index is 1.99. The largest absolute Gasteiger partial charge is 0.481 e. The zero-order valence-corrected chi connectivity index (χ0v) is 12.7. The number of likely N-dealkylation sites (N-methyl/N-ethyl adjacent to an activating group) is 1. The summed E-state index contributed by atoms with van der Waals surface area (Å²) in [6.45, 7) is 5.05. The number of ether oxygens (including phenoxy) is 1. The first-order chi connectivity index (χ1) is 10.0. The lowest BCUT2D eigenvalue weighted by Gasteiger charge is -2.31. The number of carboxylic acid groups (broad SMARTS) is 1. The normalized spacial score (nSPS) is 31.0. The molecule has 2 heterocycles. The summed E-state index contributed by atoms with van der Waals surface area (Å²) in [6, 6.07) is -0.435. The maximum absolute atomic E-state index is 12.5. The van der Waals surface area contributed by atoms with Crippen molar-refractivity contribution in [3.63, 3.8) is 0 Å². The molecule has 2 saturated heterocycles. The van der Waals surface area contributed by atoms with Gasteiger partial charge in [0.25, 0.3) is 0 Å². The summed E-state index contributed by atoms with van der Waals surface area (Å²) < 4.78 is 5.19. The monoisotopic (exact) mass is 299 g/mol. The molecule has 2 amide bonds. The van der Waals surface area contributed by atoms with Crippen molar-refractivity contribution in [1.29, 1.82) is 0 Å². The molecule has 2 N–H and O–H groups in total. The number of hydrogen-bond acceptors (Lipinski definition) is 4. The predicted molar refractivity (Wildman–Crippen MR) is 77.2 cm³/mol. The van der Waals surface area contributed by atoms with Crippen molar-refractivity contribution in [2.24, 2.45) is 5.92 Å². The molecule has 0 aromatic carbocycles. The quantitative estimate of drug-likeness (QED) is 0.778. The Morgan fingerprint density at radius 2 is 2.10 bits per heavy atom. The molecule has 0 aliphatic carbocycles. The number of carboxylic acids is 1. The third-order valence-electron chi connectivity index (χ3n) is 4.34. The number of amides is 2. The van der Waals surface area contributed by atoms with Crippen molar-refractivity contribution in [2.75, 3.05) is 39.9 Å². The highest BCUT2D eigenvalue weighted by atomic mass is 16.5. The first-order valence-electron chi connectivity index (χ1n) is 7.59. The molecule has 2 rings (SSSR count). The second kappa shape index (κ2) is 7.09. The minimum Gasteiger partial charge on any atom is -0.481 e. The Morgan fingerprint density at radius 1 is 1.33 bits per heavy atom. The summed E-state index contributed by atoms with van der Waals surface area (Å²) >= 11 is 0. The Hall–Kier alpha value is -1.34. The maximum Gasteiger partial charge on any atom is 0.318 e. The van der Waals surface area contributed by atoms with Gasteiger partial charge in [-0.15, -0.1) is 0 Å². The van der Waals surface area contributed by atoms with Crippen LogP contribution >= 0.6 is 0 Å². The first-order valence-corrected chi connectivity index (χ1v) is 7.59. The van der Waals surface area contributed by atoms with Crippen LogP contribution < -0.4 is 5.32 Å². The van der Waals surface area contributed by atoms with Crippen LogP contribution in [-0.4, -0.2) is 78.9 Å². The molecule has 21 heavy (non-hydrogen) atoms. The Kier molecular flexibility index (Phi) is 5.41. The molecular weight excluding hydrogens is 274 g/mol. The van der Waals surface area contributed by atoms with E-state index >= 15 is 0 Å². The van der Waals surface area contributed by atoms with Crippen LogP contribution in [0, 0.1) is 5.92 Å². The van der Waals surface area contributed by atoms with Crippen LogP contribution in [0.4, 0.5) is 4.79 Å². The highest BCUT2D eigenvalue weighted by molar-refractivity contribution is 5.77. The topological polar surface area (TPSA) is 82.1 Å². The number of rotatable bonds is 3. The van der Waals surface area contributed by atoms with E-state index in [1.165, 1.54) is 0 Å². The molecule has 0 radical (unpaired) electrons. The molecule has 0 bridgehead atoms. The minimum absolute atomic E-state index is 0.167. The summed E-state index contributed by atoms with van der Waals surface area (Å²) in [5, 5.41) is 12.0. The second-order valence-electron chi connectivity index (χ2n) is 5.91. The standard InChI is InChI=1S/C14H25N3O4/c1-3-10-7-16(2)5-4-6-17(10)14(20)15-12-9-21-8-11(12)13(18)19/h10-12H,3-9H2,1-2H3,(H,15,20)(H,18,19). The maximum atomic E-state index is 12.5. The fourth-order valence-electron chi connectivity index (χ4n) is 3.04. The molecule has 0 saturated carbocycles. The van der Waals surface area contributed by atoms with Crippen molar-refractivity contribution < 1.29 is 19.4 Å². The van der Waals surface area contributed by atoms with Crippen molar-refractivity contribution in [1.82, 2.24) is 15.1 Å². The van der Waals surface area contributed by atoms with Crippen molar-refractivity contribution in [3.05, 3.63) is 0 Å². The fourth-order valence-corrected chi connectivity index (χ4v) is 3.04. The van der Waals surface area contributed by atoms with E-state index in [1.807, 2.05) is 4.90 Å². The SMILES string of the molecule is CCC1CN(C)CCCN1C(=O)NC1COCC1C(=O)O. The molecule has 7 heteroatoms. The van der Waals surface area contributed by atoms with E-state index in [0.717, 1.165) is 25.9 Å². The molecule has 0 spiro atoms. The van der Waals surface area contributed by atoms with Gasteiger partial charge in [0, 0.05) is 19.1 Å². The van der Waals surface area contributed by atoms with Gasteiger partial charge in [0.1, 0.15) is 5.92 Å². The highest BCUT2D eigenvalue weighted by Gasteiger charge is 2.37. The van der Waals surface area contributed by atoms with Gasteiger partial charge in [0.15, 0.2) is 0 Å². The van der Waals surface area contributed by atoms with E-state index in [9.17, 15) is 9.59 Å². The zero-order chi connectivity index (χ0) is 15.4. The molecular formula is C14H25N3O4. The van der Waals surface area contributed by atoms with Crippen LogP contribution in [0.5, 0.6) is 0 Å². The van der Waals surface area contributed by atoms with E-state index in [4.69, 9.17) is 9.84 Å². The summed E-state index contributed by atoms with van der Waals surface area (Å²) in [5.74, 6) is -1.57. The third kappa shape index (κ3) is 3.85. The van der Waals surface area contributed by atoms with Gasteiger partial charge in [-0.3, -0.25) is 4.79 Å². The van der Waals surface area contributed by atoms with Gasteiger partial charge in [-0.25, -0.2) is 4.79 Å². The molecule has 120 valence electrons. The molecule has 0 aromatic heterocycles. The van der Waals surface area contributed by atoms with Gasteiger partial charge in [-0.2, -0.15) is 0 Å². The van der Waals surface area contributed by atoms with E-state index in [1.54, 1.807) is 0 Å². The second-order valence-corrected chi connectivity index (χ2v) is 5.91. The lowest BCUT2D eigenvalue weighted by molar-refractivity contribution is -0.142. The van der Waals surface area contributed by atoms with Crippen LogP contribution in [0.15, 0.2) is 0 Å². The molecule has 3 unspecified atom stereocenters. The lowest BCUT2D eigenvalue weighted by atomic mass is 10.0. The van der Waals surface area contributed by atoms with Crippen LogP contribution in [0.3, 0.4) is 0 Å². The Bertz CT molecular complexity index is 390. The van der Waals surface area contributed by atoms with E-state index in [2.05, 4.69) is 24.2 Å². The highest BCUT2D eigenvalue weighted by Crippen LogP contribution is 2.16. The minimum atomic E-state index is -0.916. The van der Waals surface area contributed by atoms with Gasteiger partial charge >= 0.3 is 12.0 Å². The van der Waals surface area contributed by atoms with Crippen LogP contribution in [0.2, 0.25) is 0 Å². The van der Waals surface area contributed by atoms with Gasteiger partial charge in [0.05, 0.1) is 19.3 Å². The summed E-state index contributed by atoms with van der Waals surface area (Å²) in [5.41, 5.74) is 0. The van der Waals surface area contributed by atoms with Gasteiger partial charge in [-0.1, -0.05) is 6.92 Å².